The van der Waals surface area contributed by atoms with Crippen molar-refractivity contribution in [1.82, 2.24) is 15.6 Å². The number of nitro benzene ring substituents is 1. The fourth-order valence-electron chi connectivity index (χ4n) is 2.58. The molecule has 0 unspecified atom stereocenters. The van der Waals surface area contributed by atoms with Crippen molar-refractivity contribution in [3.05, 3.63) is 56.0 Å². The first-order valence-corrected chi connectivity index (χ1v) is 10.1. The molecule has 27 heavy (non-hydrogen) atoms. The average Bonchev–Trinajstić information content (AvgIpc) is 3.14. The smallest absolute Gasteiger partial charge is 0.269 e. The van der Waals surface area contributed by atoms with Crippen molar-refractivity contribution < 1.29 is 4.92 Å². The fraction of sp³-hybridized carbons (Fsp3) is 0.474. The van der Waals surface area contributed by atoms with Crippen LogP contribution in [-0.2, 0) is 19.3 Å². The Morgan fingerprint density at radius 1 is 1.19 bits per heavy atom. The van der Waals surface area contributed by atoms with Crippen molar-refractivity contribution in [2.45, 2.75) is 39.0 Å². The van der Waals surface area contributed by atoms with E-state index in [4.69, 9.17) is 0 Å². The van der Waals surface area contributed by atoms with Gasteiger partial charge in [0.25, 0.3) is 5.69 Å². The third-order valence-corrected chi connectivity index (χ3v) is 5.34. The van der Waals surface area contributed by atoms with Crippen LogP contribution in [0.25, 0.3) is 0 Å². The van der Waals surface area contributed by atoms with E-state index in [0.717, 1.165) is 61.7 Å². The number of aromatic nitrogens is 1. The number of nitrogens with one attached hydrogen (secondary N) is 2. The second kappa shape index (κ2) is 11.3. The molecule has 0 atom stereocenters. The van der Waals surface area contributed by atoms with E-state index >= 15 is 0 Å². The maximum absolute atomic E-state index is 10.7. The molecule has 1 aromatic heterocycles. The average molecular weight is 390 g/mol. The monoisotopic (exact) mass is 389 g/mol. The van der Waals surface area contributed by atoms with Gasteiger partial charge in [-0.2, -0.15) is 0 Å². The molecule has 1 heterocycles. The topological polar surface area (TPSA) is 92.5 Å². The highest BCUT2D eigenvalue weighted by atomic mass is 32.1. The summed E-state index contributed by atoms with van der Waals surface area (Å²) in [4.78, 5) is 20.3. The molecule has 0 fully saturated rings. The van der Waals surface area contributed by atoms with Crippen LogP contribution in [0.5, 0.6) is 0 Å². The Labute approximate surface area is 164 Å². The van der Waals surface area contributed by atoms with Gasteiger partial charge in [0.05, 0.1) is 9.93 Å². The van der Waals surface area contributed by atoms with E-state index in [-0.39, 0.29) is 10.6 Å². The summed E-state index contributed by atoms with van der Waals surface area (Å²) in [6, 6.07) is 6.78. The third kappa shape index (κ3) is 7.34. The van der Waals surface area contributed by atoms with Crippen LogP contribution < -0.4 is 10.6 Å². The zero-order chi connectivity index (χ0) is 19.5. The lowest BCUT2D eigenvalue weighted by molar-refractivity contribution is -0.384. The maximum Gasteiger partial charge on any atom is 0.269 e. The van der Waals surface area contributed by atoms with Crippen LogP contribution >= 0.6 is 11.3 Å². The largest absolute Gasteiger partial charge is 0.356 e. The van der Waals surface area contributed by atoms with Crippen LogP contribution in [0.3, 0.4) is 0 Å². The number of nitro groups is 1. The second-order valence-electron chi connectivity index (χ2n) is 6.13. The van der Waals surface area contributed by atoms with E-state index in [2.05, 4.69) is 27.5 Å². The molecule has 0 saturated heterocycles. The first-order chi connectivity index (χ1) is 13.1. The number of thiazole rings is 1. The molecule has 1 aromatic carbocycles. The number of rotatable bonds is 10. The first kappa shape index (κ1) is 20.8. The molecule has 146 valence electrons. The Morgan fingerprint density at radius 2 is 1.93 bits per heavy atom. The van der Waals surface area contributed by atoms with Crippen molar-refractivity contribution in [2.24, 2.45) is 4.99 Å². The summed E-state index contributed by atoms with van der Waals surface area (Å²) in [5.74, 6) is 0.803. The first-order valence-electron chi connectivity index (χ1n) is 9.23. The van der Waals surface area contributed by atoms with Gasteiger partial charge >= 0.3 is 0 Å². The van der Waals surface area contributed by atoms with Gasteiger partial charge in [-0.1, -0.05) is 19.1 Å². The minimum atomic E-state index is -0.371. The Kier molecular flexibility index (Phi) is 8.70. The third-order valence-electron chi connectivity index (χ3n) is 4.14. The molecule has 0 saturated carbocycles. The maximum atomic E-state index is 10.7. The van der Waals surface area contributed by atoms with E-state index in [9.17, 15) is 10.1 Å². The summed E-state index contributed by atoms with van der Waals surface area (Å²) >= 11 is 1.77. The second-order valence-corrected chi connectivity index (χ2v) is 7.33. The summed E-state index contributed by atoms with van der Waals surface area (Å²) in [7, 11) is 1.77. The van der Waals surface area contributed by atoms with Crippen LogP contribution in [0.2, 0.25) is 0 Å². The molecule has 0 aliphatic carbocycles. The highest BCUT2D eigenvalue weighted by Gasteiger charge is 2.04. The molecule has 0 radical (unpaired) electrons. The molecule has 2 rings (SSSR count). The predicted molar refractivity (Wildman–Crippen MR) is 111 cm³/mol. The number of hydrogen-bond donors (Lipinski definition) is 2. The van der Waals surface area contributed by atoms with Gasteiger partial charge in [-0.3, -0.25) is 15.1 Å². The summed E-state index contributed by atoms with van der Waals surface area (Å²) in [6.45, 7) is 3.78. The van der Waals surface area contributed by atoms with Gasteiger partial charge in [0.15, 0.2) is 5.96 Å². The van der Waals surface area contributed by atoms with Crippen molar-refractivity contribution in [3.8, 4) is 0 Å². The molecule has 7 nitrogen and oxygen atoms in total. The summed E-state index contributed by atoms with van der Waals surface area (Å²) in [6.07, 6.45) is 6.82. The van der Waals surface area contributed by atoms with E-state index in [1.807, 2.05) is 18.3 Å². The Bertz CT molecular complexity index is 743. The minimum Gasteiger partial charge on any atom is -0.356 e. The zero-order valence-corrected chi connectivity index (χ0v) is 16.7. The normalized spacial score (nSPS) is 11.4. The standard InChI is InChI=1S/C19H27N5O2S/c1-3-17-14-23-18(27-17)11-13-22-19(20-2)21-12-5-4-6-15-7-9-16(10-8-15)24(25)26/h7-10,14H,3-6,11-13H2,1-2H3,(H2,20,21,22). The molecular weight excluding hydrogens is 362 g/mol. The Balaban J connectivity index is 1.59. The molecule has 0 aliphatic rings. The van der Waals surface area contributed by atoms with Crippen LogP contribution in [0, 0.1) is 10.1 Å². The fourth-order valence-corrected chi connectivity index (χ4v) is 3.44. The van der Waals surface area contributed by atoms with E-state index < -0.39 is 0 Å². The number of non-ortho nitro benzene ring substituents is 1. The molecule has 0 spiro atoms. The lowest BCUT2D eigenvalue weighted by Crippen LogP contribution is -2.38. The molecule has 0 aliphatic heterocycles. The van der Waals surface area contributed by atoms with Crippen LogP contribution in [0.15, 0.2) is 35.5 Å². The molecule has 0 amide bonds. The Morgan fingerprint density at radius 3 is 2.56 bits per heavy atom. The van der Waals surface area contributed by atoms with Gasteiger partial charge in [0.1, 0.15) is 0 Å². The molecular formula is C19H27N5O2S. The van der Waals surface area contributed by atoms with Gasteiger partial charge < -0.3 is 10.6 Å². The van der Waals surface area contributed by atoms with Crippen molar-refractivity contribution in [2.75, 3.05) is 20.1 Å². The van der Waals surface area contributed by atoms with Gasteiger partial charge in [-0.05, 0) is 31.2 Å². The quantitative estimate of drug-likeness (QED) is 0.214. The van der Waals surface area contributed by atoms with Gasteiger partial charge in [-0.25, -0.2) is 4.98 Å². The summed E-state index contributed by atoms with van der Waals surface area (Å²) < 4.78 is 0. The van der Waals surface area contributed by atoms with Gasteiger partial charge in [0, 0.05) is 49.8 Å². The lowest BCUT2D eigenvalue weighted by Gasteiger charge is -2.11. The predicted octanol–water partition coefficient (Wildman–Crippen LogP) is 3.34. The number of nitrogens with zero attached hydrogens (tertiary/aromatic N) is 3. The van der Waals surface area contributed by atoms with E-state index in [1.54, 1.807) is 30.5 Å². The SMILES string of the molecule is CCc1cnc(CCNC(=NC)NCCCCc2ccc([N+](=O)[O-])cc2)s1. The molecule has 2 N–H and O–H groups in total. The number of aliphatic imine (C=N–C) groups is 1. The lowest BCUT2D eigenvalue weighted by atomic mass is 10.1. The Hall–Kier alpha value is -2.48. The van der Waals surface area contributed by atoms with Crippen molar-refractivity contribution in [3.63, 3.8) is 0 Å². The number of hydrogen-bond acceptors (Lipinski definition) is 5. The van der Waals surface area contributed by atoms with Gasteiger partial charge in [-0.15, -0.1) is 11.3 Å². The van der Waals surface area contributed by atoms with Crippen LogP contribution in [0.4, 0.5) is 5.69 Å². The zero-order valence-electron chi connectivity index (χ0n) is 15.9. The van der Waals surface area contributed by atoms with Gasteiger partial charge in [0.2, 0.25) is 0 Å². The highest BCUT2D eigenvalue weighted by Crippen LogP contribution is 2.14. The number of unbranched alkanes of at least 4 members (excludes halogenated alkanes) is 1. The number of benzene rings is 1. The van der Waals surface area contributed by atoms with E-state index in [1.165, 1.54) is 4.88 Å². The van der Waals surface area contributed by atoms with Crippen molar-refractivity contribution in [1.29, 1.82) is 0 Å². The van der Waals surface area contributed by atoms with E-state index in [0.29, 0.717) is 0 Å². The summed E-state index contributed by atoms with van der Waals surface area (Å²) in [5, 5.41) is 18.4. The summed E-state index contributed by atoms with van der Waals surface area (Å²) in [5.41, 5.74) is 1.26. The minimum absolute atomic E-state index is 0.138. The number of guanidine groups is 1. The molecule has 0 bridgehead atoms. The molecule has 8 heteroatoms. The number of aryl methyl sites for hydroxylation is 2. The molecule has 2 aromatic rings. The van der Waals surface area contributed by atoms with Crippen LogP contribution in [0.1, 0.15) is 35.2 Å². The van der Waals surface area contributed by atoms with Crippen molar-refractivity contribution >= 4 is 23.0 Å². The highest BCUT2D eigenvalue weighted by molar-refractivity contribution is 7.11. The van der Waals surface area contributed by atoms with Crippen LogP contribution in [-0.4, -0.2) is 36.0 Å².